The van der Waals surface area contributed by atoms with Crippen LogP contribution in [-0.4, -0.2) is 43.5 Å². The molecule has 0 radical (unpaired) electrons. The first-order chi connectivity index (χ1) is 10.3. The summed E-state index contributed by atoms with van der Waals surface area (Å²) in [6.07, 6.45) is 5.76. The van der Waals surface area contributed by atoms with E-state index in [0.29, 0.717) is 25.4 Å². The zero-order valence-electron chi connectivity index (χ0n) is 12.9. The van der Waals surface area contributed by atoms with Crippen molar-refractivity contribution in [1.82, 2.24) is 4.90 Å². The molecule has 0 spiro atoms. The molecular formula is C17H23ClNO3-. The van der Waals surface area contributed by atoms with Crippen molar-refractivity contribution in [3.8, 4) is 11.5 Å². The van der Waals surface area contributed by atoms with Crippen molar-refractivity contribution in [3.05, 3.63) is 23.8 Å². The summed E-state index contributed by atoms with van der Waals surface area (Å²) in [5.41, 5.74) is 0.731. The van der Waals surface area contributed by atoms with Crippen LogP contribution in [0.5, 0.6) is 11.5 Å². The number of likely N-dealkylation sites (tertiary alicyclic amines) is 1. The second kappa shape index (κ2) is 8.39. The molecule has 0 unspecified atom stereocenters. The van der Waals surface area contributed by atoms with Gasteiger partial charge in [0, 0.05) is 18.5 Å². The van der Waals surface area contributed by atoms with Gasteiger partial charge in [-0.15, -0.1) is 0 Å². The number of nitrogens with zero attached hydrogens (tertiary/aromatic N) is 1. The van der Waals surface area contributed by atoms with E-state index in [9.17, 15) is 4.79 Å². The quantitative estimate of drug-likeness (QED) is 0.726. The summed E-state index contributed by atoms with van der Waals surface area (Å²) >= 11 is 0. The van der Waals surface area contributed by atoms with Crippen LogP contribution in [0, 0.1) is 0 Å². The summed E-state index contributed by atoms with van der Waals surface area (Å²) in [6.45, 7) is 4.27. The maximum atomic E-state index is 12.3. The van der Waals surface area contributed by atoms with Crippen LogP contribution in [-0.2, 0) is 0 Å². The molecule has 1 aromatic rings. The highest BCUT2D eigenvalue weighted by atomic mass is 35.5. The van der Waals surface area contributed by atoms with Gasteiger partial charge in [0.2, 0.25) is 0 Å². The highest BCUT2D eigenvalue weighted by molar-refractivity contribution is 5.96. The van der Waals surface area contributed by atoms with Crippen molar-refractivity contribution < 1.29 is 26.7 Å². The first-order valence-corrected chi connectivity index (χ1v) is 7.98. The van der Waals surface area contributed by atoms with Crippen LogP contribution < -0.4 is 21.9 Å². The number of benzene rings is 1. The van der Waals surface area contributed by atoms with Crippen LogP contribution in [0.4, 0.5) is 0 Å². The number of ether oxygens (including phenoxy) is 2. The van der Waals surface area contributed by atoms with Gasteiger partial charge in [-0.1, -0.05) is 12.8 Å². The molecule has 0 aliphatic carbocycles. The topological polar surface area (TPSA) is 38.8 Å². The Labute approximate surface area is 138 Å². The molecule has 3 rings (SSSR count). The third-order valence-corrected chi connectivity index (χ3v) is 4.22. The number of ketones is 1. The second-order valence-corrected chi connectivity index (χ2v) is 5.79. The first-order valence-electron chi connectivity index (χ1n) is 7.98. The van der Waals surface area contributed by atoms with Crippen LogP contribution in [0.25, 0.3) is 0 Å². The van der Waals surface area contributed by atoms with E-state index in [1.807, 2.05) is 18.2 Å². The second-order valence-electron chi connectivity index (χ2n) is 5.79. The summed E-state index contributed by atoms with van der Waals surface area (Å²) in [7, 11) is 0. The molecule has 0 N–H and O–H groups in total. The number of hydrogen-bond donors (Lipinski definition) is 0. The predicted molar refractivity (Wildman–Crippen MR) is 81.3 cm³/mol. The minimum atomic E-state index is 0. The number of halogens is 1. The Kier molecular flexibility index (Phi) is 6.52. The van der Waals surface area contributed by atoms with Gasteiger partial charge in [-0.3, -0.25) is 4.79 Å². The number of fused-ring (bicyclic) bond motifs is 1. The van der Waals surface area contributed by atoms with Gasteiger partial charge in [0.25, 0.3) is 0 Å². The fourth-order valence-corrected chi connectivity index (χ4v) is 2.98. The minimum absolute atomic E-state index is 0. The van der Waals surface area contributed by atoms with Crippen molar-refractivity contribution in [3.63, 3.8) is 0 Å². The third-order valence-electron chi connectivity index (χ3n) is 4.22. The Morgan fingerprint density at radius 1 is 1.00 bits per heavy atom. The summed E-state index contributed by atoms with van der Waals surface area (Å²) in [6, 6.07) is 5.51. The number of rotatable bonds is 4. The van der Waals surface area contributed by atoms with E-state index in [1.165, 1.54) is 25.7 Å². The van der Waals surface area contributed by atoms with Crippen molar-refractivity contribution in [1.29, 1.82) is 0 Å². The molecule has 0 amide bonds. The van der Waals surface area contributed by atoms with Crippen LogP contribution in [0.3, 0.4) is 0 Å². The monoisotopic (exact) mass is 324 g/mol. The Bertz CT molecular complexity index is 499. The highest BCUT2D eigenvalue weighted by Gasteiger charge is 2.16. The zero-order chi connectivity index (χ0) is 14.5. The van der Waals surface area contributed by atoms with E-state index in [-0.39, 0.29) is 18.2 Å². The normalized spacial score (nSPS) is 18.2. The molecule has 22 heavy (non-hydrogen) atoms. The zero-order valence-corrected chi connectivity index (χ0v) is 13.6. The van der Waals surface area contributed by atoms with E-state index in [2.05, 4.69) is 4.90 Å². The fourth-order valence-electron chi connectivity index (χ4n) is 2.98. The van der Waals surface area contributed by atoms with Crippen molar-refractivity contribution >= 4 is 5.78 Å². The van der Waals surface area contributed by atoms with Gasteiger partial charge in [-0.2, -0.15) is 0 Å². The third kappa shape index (κ3) is 4.37. The van der Waals surface area contributed by atoms with Gasteiger partial charge < -0.3 is 26.8 Å². The minimum Gasteiger partial charge on any atom is -1.00 e. The average molecular weight is 325 g/mol. The van der Waals surface area contributed by atoms with E-state index in [4.69, 9.17) is 9.47 Å². The number of carbonyl (C=O) groups is 1. The molecule has 1 aromatic carbocycles. The number of hydrogen-bond acceptors (Lipinski definition) is 4. The number of carbonyl (C=O) groups excluding carboxylic acids is 1. The molecule has 0 bridgehead atoms. The van der Waals surface area contributed by atoms with Gasteiger partial charge in [0.05, 0.1) is 0 Å². The molecule has 4 nitrogen and oxygen atoms in total. The summed E-state index contributed by atoms with van der Waals surface area (Å²) in [4.78, 5) is 14.8. The maximum Gasteiger partial charge on any atom is 0.164 e. The number of Topliss-reactive ketones (excluding diaryl/α,β-unsaturated/α-hetero) is 1. The molecule has 1 saturated heterocycles. The molecule has 0 atom stereocenters. The Morgan fingerprint density at radius 2 is 1.68 bits per heavy atom. The lowest BCUT2D eigenvalue weighted by Gasteiger charge is -2.20. The lowest BCUT2D eigenvalue weighted by atomic mass is 10.1. The Morgan fingerprint density at radius 3 is 2.41 bits per heavy atom. The predicted octanol–water partition coefficient (Wildman–Crippen LogP) is -0.0894. The molecule has 0 saturated carbocycles. The molecule has 2 aliphatic rings. The van der Waals surface area contributed by atoms with E-state index in [1.54, 1.807) is 0 Å². The Balaban J connectivity index is 0.00000176. The van der Waals surface area contributed by atoms with Crippen LogP contribution in [0.15, 0.2) is 18.2 Å². The molecule has 122 valence electrons. The van der Waals surface area contributed by atoms with Gasteiger partial charge in [-0.25, -0.2) is 0 Å². The average Bonchev–Trinajstić information content (AvgIpc) is 2.81. The molecule has 2 aliphatic heterocycles. The molecule has 2 heterocycles. The van der Waals surface area contributed by atoms with Gasteiger partial charge in [-0.05, 0) is 44.1 Å². The molecule has 1 fully saturated rings. The smallest absolute Gasteiger partial charge is 0.164 e. The molecule has 5 heteroatoms. The fraction of sp³-hybridized carbons (Fsp3) is 0.588. The molecular weight excluding hydrogens is 302 g/mol. The van der Waals surface area contributed by atoms with Crippen molar-refractivity contribution in [2.75, 3.05) is 32.8 Å². The maximum absolute atomic E-state index is 12.3. The van der Waals surface area contributed by atoms with E-state index in [0.717, 1.165) is 30.9 Å². The van der Waals surface area contributed by atoms with Gasteiger partial charge >= 0.3 is 0 Å². The SMILES string of the molecule is O=C(CCN1CCCCCC1)c1ccc2c(c1)OCCO2.[Cl-]. The van der Waals surface area contributed by atoms with Crippen molar-refractivity contribution in [2.24, 2.45) is 0 Å². The first kappa shape index (κ1) is 17.1. The Hall–Kier alpha value is -1.26. The van der Waals surface area contributed by atoms with Gasteiger partial charge in [0.1, 0.15) is 13.2 Å². The largest absolute Gasteiger partial charge is 1.00 e. The standard InChI is InChI=1S/C17H23NO3.ClH/c19-15(7-10-18-8-3-1-2-4-9-18)14-5-6-16-17(13-14)21-12-11-20-16;/h5-6,13H,1-4,7-12H2;1H/p-1. The summed E-state index contributed by atoms with van der Waals surface area (Å²) < 4.78 is 11.0. The van der Waals surface area contributed by atoms with Crippen LogP contribution in [0.1, 0.15) is 42.5 Å². The van der Waals surface area contributed by atoms with E-state index >= 15 is 0 Å². The molecule has 0 aromatic heterocycles. The summed E-state index contributed by atoms with van der Waals surface area (Å²) in [5, 5.41) is 0. The lowest BCUT2D eigenvalue weighted by Crippen LogP contribution is -3.00. The summed E-state index contributed by atoms with van der Waals surface area (Å²) in [5.74, 6) is 1.63. The lowest BCUT2D eigenvalue weighted by molar-refractivity contribution is -0.0000129. The van der Waals surface area contributed by atoms with E-state index < -0.39 is 0 Å². The van der Waals surface area contributed by atoms with Crippen LogP contribution in [0.2, 0.25) is 0 Å². The highest BCUT2D eigenvalue weighted by Crippen LogP contribution is 2.31. The van der Waals surface area contributed by atoms with Crippen molar-refractivity contribution in [2.45, 2.75) is 32.1 Å². The van der Waals surface area contributed by atoms with Crippen LogP contribution >= 0.6 is 0 Å². The van der Waals surface area contributed by atoms with Gasteiger partial charge in [0.15, 0.2) is 17.3 Å².